The number of rotatable bonds is 6. The molecule has 3 aromatic rings. The summed E-state index contributed by atoms with van der Waals surface area (Å²) in [6, 6.07) is 9.72. The van der Waals surface area contributed by atoms with Crippen LogP contribution in [0, 0.1) is 5.41 Å². The lowest BCUT2D eigenvalue weighted by atomic mass is 9.86. The van der Waals surface area contributed by atoms with Gasteiger partial charge < -0.3 is 24.9 Å². The van der Waals surface area contributed by atoms with Crippen molar-refractivity contribution in [3.8, 4) is 0 Å². The molecule has 1 unspecified atom stereocenters. The van der Waals surface area contributed by atoms with Crippen molar-refractivity contribution in [3.05, 3.63) is 67.1 Å². The molecule has 1 aromatic carbocycles. The number of carbonyl (C=O) groups excluding carboxylic acids is 2. The molecule has 3 N–H and O–H groups in total. The molecule has 29 heavy (non-hydrogen) atoms. The molecule has 0 saturated heterocycles. The fourth-order valence-corrected chi connectivity index (χ4v) is 2.74. The first-order valence-electron chi connectivity index (χ1n) is 9.29. The van der Waals surface area contributed by atoms with Gasteiger partial charge in [0, 0.05) is 30.3 Å². The average Bonchev–Trinajstić information content (AvgIpc) is 3.34. The predicted octanol–water partition coefficient (Wildman–Crippen LogP) is 3.96. The summed E-state index contributed by atoms with van der Waals surface area (Å²) in [6.45, 7) is 6.81. The van der Waals surface area contributed by atoms with E-state index in [1.54, 1.807) is 48.9 Å². The zero-order valence-corrected chi connectivity index (χ0v) is 16.7. The van der Waals surface area contributed by atoms with E-state index < -0.39 is 0 Å². The van der Waals surface area contributed by atoms with E-state index in [4.69, 9.17) is 4.42 Å². The van der Waals surface area contributed by atoms with Gasteiger partial charge in [0.2, 0.25) is 0 Å². The number of aromatic nitrogens is 2. The highest BCUT2D eigenvalue weighted by Gasteiger charge is 2.26. The molecule has 0 fully saturated rings. The molecule has 0 aliphatic heterocycles. The first-order chi connectivity index (χ1) is 13.8. The summed E-state index contributed by atoms with van der Waals surface area (Å²) in [4.78, 5) is 28.7. The van der Waals surface area contributed by atoms with E-state index in [1.807, 2.05) is 10.8 Å². The first kappa shape index (κ1) is 20.2. The van der Waals surface area contributed by atoms with Crippen molar-refractivity contribution in [2.24, 2.45) is 5.41 Å². The molecule has 0 bridgehead atoms. The maximum atomic E-state index is 12.6. The summed E-state index contributed by atoms with van der Waals surface area (Å²) in [5, 5.41) is 8.59. The molecule has 1 atom stereocenters. The molecule has 2 aromatic heterocycles. The topological polar surface area (TPSA) is 101 Å². The minimum Gasteiger partial charge on any atom is -0.459 e. The quantitative estimate of drug-likeness (QED) is 0.588. The average molecular weight is 395 g/mol. The van der Waals surface area contributed by atoms with Crippen molar-refractivity contribution in [3.63, 3.8) is 0 Å². The molecular formula is C21H25N5O3. The zero-order valence-electron chi connectivity index (χ0n) is 16.7. The number of amides is 3. The Balaban J connectivity index is 1.62. The van der Waals surface area contributed by atoms with Crippen LogP contribution in [-0.4, -0.2) is 27.5 Å². The number of imidazole rings is 1. The molecule has 0 saturated carbocycles. The molecule has 8 heteroatoms. The normalized spacial score (nSPS) is 12.2. The first-order valence-corrected chi connectivity index (χ1v) is 9.29. The summed E-state index contributed by atoms with van der Waals surface area (Å²) < 4.78 is 7.01. The number of nitrogens with one attached hydrogen (secondary N) is 3. The van der Waals surface area contributed by atoms with Crippen LogP contribution in [0.15, 0.2) is 65.8 Å². The minimum atomic E-state index is -0.357. The Bertz CT molecular complexity index is 943. The molecule has 0 radical (unpaired) electrons. The Morgan fingerprint density at radius 2 is 1.90 bits per heavy atom. The molecule has 0 spiro atoms. The Hall–Kier alpha value is -3.55. The van der Waals surface area contributed by atoms with Gasteiger partial charge in [-0.25, -0.2) is 9.78 Å². The number of furan rings is 1. The van der Waals surface area contributed by atoms with E-state index in [-0.39, 0.29) is 29.2 Å². The second-order valence-corrected chi connectivity index (χ2v) is 7.79. The van der Waals surface area contributed by atoms with E-state index in [2.05, 4.69) is 41.7 Å². The Labute approximate surface area is 169 Å². The number of nitrogens with zero attached hydrogens (tertiary/aromatic N) is 2. The van der Waals surface area contributed by atoms with Crippen LogP contribution in [0.2, 0.25) is 0 Å². The second-order valence-electron chi connectivity index (χ2n) is 7.79. The number of carbonyl (C=O) groups is 2. The summed E-state index contributed by atoms with van der Waals surface area (Å²) in [5.74, 6) is -0.140. The molecule has 0 aliphatic rings. The number of hydrogen-bond acceptors (Lipinski definition) is 4. The lowest BCUT2D eigenvalue weighted by molar-refractivity contribution is 0.0996. The Morgan fingerprint density at radius 1 is 1.14 bits per heavy atom. The maximum absolute atomic E-state index is 12.6. The van der Waals surface area contributed by atoms with Gasteiger partial charge in [0.15, 0.2) is 5.76 Å². The molecule has 2 heterocycles. The smallest absolute Gasteiger partial charge is 0.319 e. The van der Waals surface area contributed by atoms with Crippen molar-refractivity contribution in [2.75, 3.05) is 10.6 Å². The van der Waals surface area contributed by atoms with Crippen LogP contribution in [-0.2, 0) is 6.54 Å². The second kappa shape index (κ2) is 8.64. The van der Waals surface area contributed by atoms with E-state index in [9.17, 15) is 9.59 Å². The van der Waals surface area contributed by atoms with E-state index >= 15 is 0 Å². The van der Waals surface area contributed by atoms with E-state index in [0.717, 1.165) is 0 Å². The predicted molar refractivity (Wildman–Crippen MR) is 111 cm³/mol. The van der Waals surface area contributed by atoms with Gasteiger partial charge in [-0.1, -0.05) is 26.8 Å². The minimum absolute atomic E-state index is 0.112. The van der Waals surface area contributed by atoms with Crippen LogP contribution in [0.3, 0.4) is 0 Å². The third kappa shape index (κ3) is 5.71. The van der Waals surface area contributed by atoms with Crippen molar-refractivity contribution >= 4 is 23.3 Å². The number of benzene rings is 1. The zero-order chi connectivity index (χ0) is 20.9. The standard InChI is InChI=1S/C21H25N5O3/c1-21(2,3)18(13-26-10-9-22-14-26)25-20(28)24-16-7-4-6-15(12-16)23-19(27)17-8-5-11-29-17/h4-12,14,18H,13H2,1-3H3,(H,23,27)(H2,24,25,28). The maximum Gasteiger partial charge on any atom is 0.319 e. The highest BCUT2D eigenvalue weighted by atomic mass is 16.3. The summed E-state index contributed by atoms with van der Waals surface area (Å²) in [6.07, 6.45) is 6.74. The van der Waals surface area contributed by atoms with Crippen molar-refractivity contribution in [1.82, 2.24) is 14.9 Å². The summed E-state index contributed by atoms with van der Waals surface area (Å²) >= 11 is 0. The van der Waals surface area contributed by atoms with Crippen molar-refractivity contribution in [1.29, 1.82) is 0 Å². The third-order valence-corrected chi connectivity index (χ3v) is 4.43. The number of urea groups is 1. The lowest BCUT2D eigenvalue weighted by Gasteiger charge is -2.31. The Morgan fingerprint density at radius 3 is 2.52 bits per heavy atom. The van der Waals surface area contributed by atoms with Crippen LogP contribution in [0.1, 0.15) is 31.3 Å². The number of hydrogen-bond donors (Lipinski definition) is 3. The molecular weight excluding hydrogens is 370 g/mol. The third-order valence-electron chi connectivity index (χ3n) is 4.43. The van der Waals surface area contributed by atoms with Crippen LogP contribution >= 0.6 is 0 Å². The van der Waals surface area contributed by atoms with Gasteiger partial charge >= 0.3 is 6.03 Å². The van der Waals surface area contributed by atoms with Crippen molar-refractivity contribution in [2.45, 2.75) is 33.4 Å². The molecule has 0 aliphatic carbocycles. The molecule has 3 rings (SSSR count). The molecule has 8 nitrogen and oxygen atoms in total. The van der Waals surface area contributed by atoms with Crippen molar-refractivity contribution < 1.29 is 14.0 Å². The van der Waals surface area contributed by atoms with Gasteiger partial charge in [-0.3, -0.25) is 4.79 Å². The van der Waals surface area contributed by atoms with Crippen LogP contribution in [0.4, 0.5) is 16.2 Å². The lowest BCUT2D eigenvalue weighted by Crippen LogP contribution is -2.47. The van der Waals surface area contributed by atoms with E-state index in [0.29, 0.717) is 17.9 Å². The Kier molecular flexibility index (Phi) is 6.01. The largest absolute Gasteiger partial charge is 0.459 e. The van der Waals surface area contributed by atoms with Gasteiger partial charge in [0.05, 0.1) is 18.6 Å². The fourth-order valence-electron chi connectivity index (χ4n) is 2.74. The number of anilines is 2. The SMILES string of the molecule is CC(C)(C)C(Cn1ccnc1)NC(=O)Nc1cccc(NC(=O)c2ccco2)c1. The highest BCUT2D eigenvalue weighted by Crippen LogP contribution is 2.21. The highest BCUT2D eigenvalue weighted by molar-refractivity contribution is 6.02. The van der Waals surface area contributed by atoms with Crippen LogP contribution < -0.4 is 16.0 Å². The van der Waals surface area contributed by atoms with E-state index in [1.165, 1.54) is 6.26 Å². The van der Waals surface area contributed by atoms with Gasteiger partial charge in [-0.2, -0.15) is 0 Å². The fraction of sp³-hybridized carbons (Fsp3) is 0.286. The van der Waals surface area contributed by atoms with Crippen LogP contribution in [0.5, 0.6) is 0 Å². The molecule has 3 amide bonds. The van der Waals surface area contributed by atoms with Gasteiger partial charge in [0.25, 0.3) is 5.91 Å². The summed E-state index contributed by atoms with van der Waals surface area (Å²) in [7, 11) is 0. The monoisotopic (exact) mass is 395 g/mol. The summed E-state index contributed by atoms with van der Waals surface area (Å²) in [5.41, 5.74) is 0.963. The molecule has 152 valence electrons. The van der Waals surface area contributed by atoms with Gasteiger partial charge in [-0.15, -0.1) is 0 Å². The van der Waals surface area contributed by atoms with Gasteiger partial charge in [0.1, 0.15) is 0 Å². The van der Waals surface area contributed by atoms with Gasteiger partial charge in [-0.05, 0) is 35.7 Å². The van der Waals surface area contributed by atoms with Crippen LogP contribution in [0.25, 0.3) is 0 Å².